The minimum atomic E-state index is -1.06. The van der Waals surface area contributed by atoms with Crippen LogP contribution in [0, 0.1) is 5.82 Å². The number of rotatable bonds is 5. The van der Waals surface area contributed by atoms with Crippen molar-refractivity contribution in [1.82, 2.24) is 24.1 Å². The van der Waals surface area contributed by atoms with Crippen molar-refractivity contribution in [1.29, 1.82) is 0 Å². The second-order valence-electron chi connectivity index (χ2n) is 9.06. The quantitative estimate of drug-likeness (QED) is 0.318. The largest absolute Gasteiger partial charge is 0.438 e. The smallest absolute Gasteiger partial charge is 0.230 e. The zero-order valence-electron chi connectivity index (χ0n) is 19.8. The average molecular weight is 502 g/mol. The third-order valence-corrected chi connectivity index (χ3v) is 7.86. The minimum absolute atomic E-state index is 0.0541. The molecule has 4 heterocycles. The van der Waals surface area contributed by atoms with E-state index in [1.807, 2.05) is 51.6 Å². The fraction of sp³-hybridized carbons (Fsp3) is 0.222. The molecule has 6 rings (SSSR count). The lowest BCUT2D eigenvalue weighted by Crippen LogP contribution is -2.28. The molecular weight excluding hydrogens is 477 g/mol. The van der Waals surface area contributed by atoms with Gasteiger partial charge in [0.2, 0.25) is 5.71 Å². The summed E-state index contributed by atoms with van der Waals surface area (Å²) in [5.74, 6) is 0.394. The normalized spacial score (nSPS) is 19.2. The summed E-state index contributed by atoms with van der Waals surface area (Å²) in [7, 11) is -1.06. The molecule has 1 fully saturated rings. The van der Waals surface area contributed by atoms with Crippen LogP contribution >= 0.6 is 0 Å². The van der Waals surface area contributed by atoms with Crippen LogP contribution in [0.5, 0.6) is 0 Å². The molecule has 0 spiro atoms. The van der Waals surface area contributed by atoms with Gasteiger partial charge >= 0.3 is 0 Å². The fourth-order valence-corrected chi connectivity index (χ4v) is 5.89. The molecule has 182 valence electrons. The summed E-state index contributed by atoms with van der Waals surface area (Å²) in [6.07, 6.45) is 6.00. The van der Waals surface area contributed by atoms with E-state index in [2.05, 4.69) is 16.9 Å². The van der Waals surface area contributed by atoms with E-state index in [9.17, 15) is 8.60 Å². The molecule has 0 saturated carbocycles. The van der Waals surface area contributed by atoms with Gasteiger partial charge in [0.1, 0.15) is 23.6 Å². The summed E-state index contributed by atoms with van der Waals surface area (Å²) < 4.78 is 35.9. The number of fused-ring (bicyclic) bond motifs is 1. The van der Waals surface area contributed by atoms with Crippen LogP contribution < -0.4 is 0 Å². The van der Waals surface area contributed by atoms with E-state index in [4.69, 9.17) is 9.52 Å². The molecule has 36 heavy (non-hydrogen) atoms. The van der Waals surface area contributed by atoms with Gasteiger partial charge in [-0.3, -0.25) is 4.68 Å². The highest BCUT2D eigenvalue weighted by molar-refractivity contribution is 7.81. The van der Waals surface area contributed by atoms with Crippen LogP contribution in [0.3, 0.4) is 0 Å². The number of hydrogen-bond donors (Lipinski definition) is 0. The Morgan fingerprint density at radius 1 is 1.03 bits per heavy atom. The van der Waals surface area contributed by atoms with Gasteiger partial charge in [-0.15, -0.1) is 0 Å². The molecular formula is C27H24FN5O2S. The van der Waals surface area contributed by atoms with Crippen LogP contribution in [0.4, 0.5) is 4.39 Å². The van der Waals surface area contributed by atoms with Gasteiger partial charge in [-0.2, -0.15) is 5.10 Å². The van der Waals surface area contributed by atoms with E-state index >= 15 is 0 Å². The maximum atomic E-state index is 13.7. The number of benzene rings is 2. The number of nitrogens with zero attached hydrogens (tertiary/aromatic N) is 5. The summed E-state index contributed by atoms with van der Waals surface area (Å²) in [4.78, 5) is 8.98. The predicted molar refractivity (Wildman–Crippen MR) is 138 cm³/mol. The Bertz CT molecular complexity index is 1560. The molecule has 1 aliphatic rings. The first-order valence-corrected chi connectivity index (χ1v) is 13.2. The van der Waals surface area contributed by atoms with Crippen molar-refractivity contribution in [3.05, 3.63) is 79.0 Å². The molecule has 1 unspecified atom stereocenters. The molecule has 9 heteroatoms. The number of aromatic nitrogens is 4. The second-order valence-corrected chi connectivity index (χ2v) is 10.4. The van der Waals surface area contributed by atoms with Gasteiger partial charge in [0.25, 0.3) is 0 Å². The van der Waals surface area contributed by atoms with Gasteiger partial charge in [0, 0.05) is 41.7 Å². The summed E-state index contributed by atoms with van der Waals surface area (Å²) in [6.45, 7) is 2.72. The van der Waals surface area contributed by atoms with E-state index in [-0.39, 0.29) is 17.9 Å². The molecule has 0 amide bonds. The maximum absolute atomic E-state index is 13.7. The van der Waals surface area contributed by atoms with Gasteiger partial charge in [0.15, 0.2) is 0 Å². The summed E-state index contributed by atoms with van der Waals surface area (Å²) in [6, 6.07) is 18.3. The third-order valence-electron chi connectivity index (χ3n) is 6.69. The molecule has 1 saturated heterocycles. The molecule has 5 aromatic rings. The van der Waals surface area contributed by atoms with Crippen molar-refractivity contribution in [3.63, 3.8) is 0 Å². The predicted octanol–water partition coefficient (Wildman–Crippen LogP) is 5.49. The Kier molecular flexibility index (Phi) is 5.73. The SMILES string of the molecule is C[C@@H]1C[C@@H](n2cc(-c3ncnc4oc(-c5ccccc5)cc34)c(-c3ccc(F)cc3)n2)CN1S(C)=O. The summed E-state index contributed by atoms with van der Waals surface area (Å²) in [5, 5.41) is 5.72. The van der Waals surface area contributed by atoms with Gasteiger partial charge < -0.3 is 4.42 Å². The monoisotopic (exact) mass is 501 g/mol. The maximum Gasteiger partial charge on any atom is 0.230 e. The van der Waals surface area contributed by atoms with Crippen molar-refractivity contribution >= 4 is 22.1 Å². The van der Waals surface area contributed by atoms with Crippen molar-refractivity contribution in [3.8, 4) is 33.8 Å². The van der Waals surface area contributed by atoms with E-state index in [0.717, 1.165) is 28.5 Å². The standard InChI is InChI=1S/C27H24FN5O2S/c1-17-12-21(14-33(17)36(2)34)32-15-23(25(31-32)19-8-10-20(28)11-9-19)26-22-13-24(18-6-4-3-5-7-18)35-27(22)30-16-29-26/h3-11,13,15-17,21H,12,14H2,1-2H3/t17-,21-,36?/m1/s1. The Balaban J connectivity index is 1.50. The van der Waals surface area contributed by atoms with Gasteiger partial charge in [-0.05, 0) is 43.7 Å². The van der Waals surface area contributed by atoms with Crippen molar-refractivity contribution in [2.45, 2.75) is 25.4 Å². The average Bonchev–Trinajstić information content (AvgIpc) is 3.61. The molecule has 0 radical (unpaired) electrons. The number of furan rings is 1. The second kappa shape index (κ2) is 9.07. The molecule has 1 aliphatic heterocycles. The van der Waals surface area contributed by atoms with E-state index in [1.165, 1.54) is 18.5 Å². The van der Waals surface area contributed by atoms with Gasteiger partial charge in [-0.1, -0.05) is 30.3 Å². The van der Waals surface area contributed by atoms with E-state index < -0.39 is 11.0 Å². The summed E-state index contributed by atoms with van der Waals surface area (Å²) >= 11 is 0. The van der Waals surface area contributed by atoms with Crippen LogP contribution in [0.25, 0.3) is 44.9 Å². The Morgan fingerprint density at radius 3 is 2.53 bits per heavy atom. The minimum Gasteiger partial charge on any atom is -0.438 e. The van der Waals surface area contributed by atoms with Crippen molar-refractivity contribution in [2.24, 2.45) is 0 Å². The number of hydrogen-bond acceptors (Lipinski definition) is 5. The first-order chi connectivity index (χ1) is 17.5. The Labute approximate surface area is 210 Å². The van der Waals surface area contributed by atoms with Crippen LogP contribution in [0.15, 0.2) is 77.6 Å². The Hall–Kier alpha value is -3.69. The highest BCUT2D eigenvalue weighted by Gasteiger charge is 2.33. The van der Waals surface area contributed by atoms with Crippen LogP contribution in [-0.2, 0) is 11.0 Å². The molecule has 7 nitrogen and oxygen atoms in total. The van der Waals surface area contributed by atoms with E-state index in [0.29, 0.717) is 29.4 Å². The topological polar surface area (TPSA) is 77.1 Å². The van der Waals surface area contributed by atoms with Crippen LogP contribution in [0.1, 0.15) is 19.4 Å². The van der Waals surface area contributed by atoms with Crippen molar-refractivity contribution < 1.29 is 13.0 Å². The Morgan fingerprint density at radius 2 is 1.81 bits per heavy atom. The van der Waals surface area contributed by atoms with Crippen molar-refractivity contribution in [2.75, 3.05) is 12.8 Å². The van der Waals surface area contributed by atoms with Crippen LogP contribution in [0.2, 0.25) is 0 Å². The molecule has 3 aromatic heterocycles. The lowest BCUT2D eigenvalue weighted by atomic mass is 10.0. The molecule has 0 N–H and O–H groups in total. The third kappa shape index (κ3) is 4.04. The highest BCUT2D eigenvalue weighted by atomic mass is 32.2. The molecule has 2 aromatic carbocycles. The molecule has 0 aliphatic carbocycles. The lowest BCUT2D eigenvalue weighted by Gasteiger charge is -2.16. The first kappa shape index (κ1) is 22.8. The summed E-state index contributed by atoms with van der Waals surface area (Å²) in [5.41, 5.74) is 4.41. The van der Waals surface area contributed by atoms with Crippen LogP contribution in [-0.4, -0.2) is 47.1 Å². The fourth-order valence-electron chi connectivity index (χ4n) is 4.91. The molecule has 3 atom stereocenters. The van der Waals surface area contributed by atoms with E-state index in [1.54, 1.807) is 18.4 Å². The van der Waals surface area contributed by atoms with Gasteiger partial charge in [0.05, 0.1) is 28.1 Å². The zero-order chi connectivity index (χ0) is 24.8. The highest BCUT2D eigenvalue weighted by Crippen LogP contribution is 2.38. The van der Waals surface area contributed by atoms with Gasteiger partial charge in [-0.25, -0.2) is 22.9 Å². The lowest BCUT2D eigenvalue weighted by molar-refractivity contribution is 0.433. The first-order valence-electron chi connectivity index (χ1n) is 11.7. The molecule has 0 bridgehead atoms. The number of halogens is 1. The zero-order valence-corrected chi connectivity index (χ0v) is 20.7.